The number of nitrogens with one attached hydrogen (secondary N) is 1. The van der Waals surface area contributed by atoms with Crippen LogP contribution in [0.4, 0.5) is 0 Å². The summed E-state index contributed by atoms with van der Waals surface area (Å²) in [5, 5.41) is 15.7. The number of carbonyl (C=O) groups is 1. The fourth-order valence-corrected chi connectivity index (χ4v) is 3.70. The second-order valence-electron chi connectivity index (χ2n) is 6.15. The average Bonchev–Trinajstić information content (AvgIpc) is 3.06. The predicted molar refractivity (Wildman–Crippen MR) is 104 cm³/mol. The Balaban J connectivity index is 1.42. The summed E-state index contributed by atoms with van der Waals surface area (Å²) in [7, 11) is 1.73. The van der Waals surface area contributed by atoms with Gasteiger partial charge in [-0.15, -0.1) is 5.10 Å². The highest BCUT2D eigenvalue weighted by Gasteiger charge is 2.21. The quantitative estimate of drug-likeness (QED) is 0.667. The van der Waals surface area contributed by atoms with Gasteiger partial charge in [0.1, 0.15) is 0 Å². The summed E-state index contributed by atoms with van der Waals surface area (Å²) in [6, 6.07) is 5.66. The van der Waals surface area contributed by atoms with Crippen LogP contribution < -0.4 is 5.32 Å². The molecule has 1 aliphatic rings. The highest BCUT2D eigenvalue weighted by atomic mass is 35.5. The van der Waals surface area contributed by atoms with Crippen LogP contribution in [0.3, 0.4) is 0 Å². The van der Waals surface area contributed by atoms with E-state index >= 15 is 0 Å². The topological polar surface area (TPSA) is 85.2 Å². The number of aromatic nitrogens is 4. The third-order valence-corrected chi connectivity index (χ3v) is 5.80. The Hall–Kier alpha value is -1.39. The van der Waals surface area contributed by atoms with E-state index in [4.69, 9.17) is 27.9 Å². The SMILES string of the molecule is Cn1nnnc1SCC(=O)NC[C@H]1CN(Cc2ccc(Cl)c(Cl)c2)CCO1. The molecule has 1 amide bonds. The van der Waals surface area contributed by atoms with Gasteiger partial charge in [-0.05, 0) is 28.1 Å². The normalized spacial score (nSPS) is 17.8. The van der Waals surface area contributed by atoms with E-state index in [9.17, 15) is 4.79 Å². The number of nitrogens with zero attached hydrogens (tertiary/aromatic N) is 5. The Labute approximate surface area is 171 Å². The minimum absolute atomic E-state index is 0.0491. The molecule has 2 aromatic rings. The molecule has 0 aliphatic carbocycles. The highest BCUT2D eigenvalue weighted by molar-refractivity contribution is 7.99. The Kier molecular flexibility index (Phi) is 7.31. The van der Waals surface area contributed by atoms with Crippen LogP contribution in [0.1, 0.15) is 5.56 Å². The number of aryl methyl sites for hydroxylation is 1. The average molecular weight is 431 g/mol. The summed E-state index contributed by atoms with van der Waals surface area (Å²) in [5.74, 6) is 0.182. The summed E-state index contributed by atoms with van der Waals surface area (Å²) in [6.07, 6.45) is -0.0491. The fraction of sp³-hybridized carbons (Fsp3) is 0.500. The molecule has 1 saturated heterocycles. The molecule has 27 heavy (non-hydrogen) atoms. The number of thioether (sulfide) groups is 1. The van der Waals surface area contributed by atoms with Crippen molar-refractivity contribution in [2.75, 3.05) is 32.0 Å². The first-order valence-corrected chi connectivity index (χ1v) is 10.1. The summed E-state index contributed by atoms with van der Waals surface area (Å²) in [5.41, 5.74) is 1.10. The number of hydrogen-bond donors (Lipinski definition) is 1. The number of morpholine rings is 1. The first kappa shape index (κ1) is 20.3. The van der Waals surface area contributed by atoms with E-state index in [1.165, 1.54) is 16.4 Å². The highest BCUT2D eigenvalue weighted by Crippen LogP contribution is 2.23. The van der Waals surface area contributed by atoms with Gasteiger partial charge in [0.2, 0.25) is 11.1 Å². The van der Waals surface area contributed by atoms with Gasteiger partial charge >= 0.3 is 0 Å². The van der Waals surface area contributed by atoms with Crippen molar-refractivity contribution in [2.45, 2.75) is 17.8 Å². The molecule has 1 N–H and O–H groups in total. The lowest BCUT2D eigenvalue weighted by Gasteiger charge is -2.33. The van der Waals surface area contributed by atoms with Gasteiger partial charge in [0, 0.05) is 33.2 Å². The largest absolute Gasteiger partial charge is 0.374 e. The lowest BCUT2D eigenvalue weighted by atomic mass is 10.2. The molecule has 0 unspecified atom stereocenters. The summed E-state index contributed by atoms with van der Waals surface area (Å²) in [6.45, 7) is 3.43. The molecule has 1 aliphatic heterocycles. The van der Waals surface area contributed by atoms with Gasteiger partial charge < -0.3 is 10.1 Å². The molecule has 3 rings (SSSR count). The Morgan fingerprint density at radius 1 is 1.41 bits per heavy atom. The third kappa shape index (κ3) is 6.05. The maximum atomic E-state index is 12.0. The van der Waals surface area contributed by atoms with Crippen LogP contribution in [0, 0.1) is 0 Å². The molecule has 0 bridgehead atoms. The maximum absolute atomic E-state index is 12.0. The van der Waals surface area contributed by atoms with Crippen molar-refractivity contribution >= 4 is 40.9 Å². The summed E-state index contributed by atoms with van der Waals surface area (Å²) < 4.78 is 7.29. The van der Waals surface area contributed by atoms with Gasteiger partial charge in [-0.1, -0.05) is 41.0 Å². The summed E-state index contributed by atoms with van der Waals surface area (Å²) in [4.78, 5) is 14.3. The van der Waals surface area contributed by atoms with Crippen LogP contribution in [-0.2, 0) is 23.1 Å². The molecule has 1 atom stereocenters. The maximum Gasteiger partial charge on any atom is 0.230 e. The first-order chi connectivity index (χ1) is 13.0. The lowest BCUT2D eigenvalue weighted by molar-refractivity contribution is -0.119. The number of halogens is 2. The van der Waals surface area contributed by atoms with Crippen molar-refractivity contribution < 1.29 is 9.53 Å². The van der Waals surface area contributed by atoms with Crippen LogP contribution in [0.15, 0.2) is 23.4 Å². The molecule has 1 aromatic heterocycles. The minimum Gasteiger partial charge on any atom is -0.374 e. The smallest absolute Gasteiger partial charge is 0.230 e. The predicted octanol–water partition coefficient (Wildman–Crippen LogP) is 1.63. The zero-order chi connectivity index (χ0) is 19.2. The van der Waals surface area contributed by atoms with E-state index in [0.29, 0.717) is 28.4 Å². The number of ether oxygens (including phenoxy) is 1. The van der Waals surface area contributed by atoms with Crippen molar-refractivity contribution in [2.24, 2.45) is 7.05 Å². The van der Waals surface area contributed by atoms with E-state index in [2.05, 4.69) is 25.7 Å². The van der Waals surface area contributed by atoms with Crippen molar-refractivity contribution in [1.82, 2.24) is 30.4 Å². The molecule has 0 spiro atoms. The van der Waals surface area contributed by atoms with Crippen molar-refractivity contribution in [3.05, 3.63) is 33.8 Å². The Morgan fingerprint density at radius 2 is 2.26 bits per heavy atom. The molecular formula is C16H20Cl2N6O2S. The van der Waals surface area contributed by atoms with Crippen molar-refractivity contribution in [3.8, 4) is 0 Å². The van der Waals surface area contributed by atoms with E-state index in [1.54, 1.807) is 7.05 Å². The number of carbonyl (C=O) groups excluding carboxylic acids is 1. The van der Waals surface area contributed by atoms with Crippen LogP contribution in [0.25, 0.3) is 0 Å². The minimum atomic E-state index is -0.0757. The zero-order valence-corrected chi connectivity index (χ0v) is 17.1. The van der Waals surface area contributed by atoms with Gasteiger partial charge in [-0.25, -0.2) is 4.68 Å². The molecule has 146 valence electrons. The number of benzene rings is 1. The molecular weight excluding hydrogens is 411 g/mol. The van der Waals surface area contributed by atoms with Gasteiger partial charge in [-0.3, -0.25) is 9.69 Å². The second kappa shape index (κ2) is 9.70. The molecule has 1 aromatic carbocycles. The Bertz CT molecular complexity index is 790. The van der Waals surface area contributed by atoms with E-state index in [1.807, 2.05) is 18.2 Å². The third-order valence-electron chi connectivity index (χ3n) is 4.05. The molecule has 0 saturated carbocycles. The van der Waals surface area contributed by atoms with Crippen LogP contribution in [-0.4, -0.2) is 69.1 Å². The van der Waals surface area contributed by atoms with Crippen molar-refractivity contribution in [1.29, 1.82) is 0 Å². The number of amides is 1. The fourth-order valence-electron chi connectivity index (χ4n) is 2.70. The molecule has 2 heterocycles. The first-order valence-electron chi connectivity index (χ1n) is 8.41. The van der Waals surface area contributed by atoms with Crippen LogP contribution in [0.5, 0.6) is 0 Å². The summed E-state index contributed by atoms with van der Waals surface area (Å²) >= 11 is 13.3. The monoisotopic (exact) mass is 430 g/mol. The Morgan fingerprint density at radius 3 is 3.00 bits per heavy atom. The van der Waals surface area contributed by atoms with Crippen LogP contribution in [0.2, 0.25) is 10.0 Å². The zero-order valence-electron chi connectivity index (χ0n) is 14.8. The number of hydrogen-bond acceptors (Lipinski definition) is 7. The number of rotatable bonds is 7. The van der Waals surface area contributed by atoms with E-state index in [0.717, 1.165) is 25.2 Å². The second-order valence-corrected chi connectivity index (χ2v) is 7.91. The molecule has 0 radical (unpaired) electrons. The lowest BCUT2D eigenvalue weighted by Crippen LogP contribution is -2.47. The van der Waals surface area contributed by atoms with Gasteiger partial charge in [0.25, 0.3) is 0 Å². The molecule has 11 heteroatoms. The van der Waals surface area contributed by atoms with E-state index in [-0.39, 0.29) is 17.8 Å². The van der Waals surface area contributed by atoms with Crippen molar-refractivity contribution in [3.63, 3.8) is 0 Å². The van der Waals surface area contributed by atoms with Gasteiger partial charge in [-0.2, -0.15) is 0 Å². The van der Waals surface area contributed by atoms with E-state index < -0.39 is 0 Å². The van der Waals surface area contributed by atoms with Crippen LogP contribution >= 0.6 is 35.0 Å². The molecule has 8 nitrogen and oxygen atoms in total. The standard InChI is InChI=1S/C16H20Cl2N6O2S/c1-23-16(20-21-22-23)27-10-15(25)19-7-12-9-24(4-5-26-12)8-11-2-3-13(17)14(18)6-11/h2-3,6,12H,4-5,7-10H2,1H3,(H,19,25)/t12-/m0/s1. The molecule has 1 fully saturated rings. The van der Waals surface area contributed by atoms with Gasteiger partial charge in [0.15, 0.2) is 0 Å². The number of tetrazole rings is 1. The van der Waals surface area contributed by atoms with Gasteiger partial charge in [0.05, 0.1) is 28.5 Å².